The zero-order chi connectivity index (χ0) is 32.3. The van der Waals surface area contributed by atoms with E-state index in [0.29, 0.717) is 0 Å². The van der Waals surface area contributed by atoms with E-state index in [2.05, 4.69) is 10.6 Å². The largest absolute Gasteiger partial charge is 0.452 e. The van der Waals surface area contributed by atoms with Crippen molar-refractivity contribution in [1.29, 1.82) is 0 Å². The van der Waals surface area contributed by atoms with Crippen molar-refractivity contribution >= 4 is 29.8 Å². The molecule has 1 fully saturated rings. The van der Waals surface area contributed by atoms with Gasteiger partial charge in [0.1, 0.15) is 12.6 Å². The van der Waals surface area contributed by atoms with Crippen LogP contribution in [0.5, 0.6) is 0 Å². The molecule has 4 amide bonds. The molecule has 2 atom stereocenters. The van der Waals surface area contributed by atoms with Crippen LogP contribution >= 0.6 is 0 Å². The standard InChI is InChI=1S/C29H41F3N4O7/c1-6-42-28(41)35-14-12-21(13-15-35)36(16-22(37)33-23(18(2)3)25(38)29(30,31)32)26(39)24(19(4)5)34-27(40)43-17-20-10-8-7-9-11-20/h7-11,18-19,21,23-24H,6,12-17H2,1-5H3,(H,33,37)(H,34,40)/t23?,24-/m0/s1. The van der Waals surface area contributed by atoms with Gasteiger partial charge < -0.3 is 29.9 Å². The summed E-state index contributed by atoms with van der Waals surface area (Å²) in [6.45, 7) is 7.63. The number of Topliss-reactive ketones (excluding diaryl/α,β-unsaturated/α-hetero) is 1. The number of hydrogen-bond donors (Lipinski definition) is 2. The first-order valence-electron chi connectivity index (χ1n) is 14.2. The molecule has 1 saturated heterocycles. The molecule has 0 aliphatic carbocycles. The average Bonchev–Trinajstić information content (AvgIpc) is 2.95. The van der Waals surface area contributed by atoms with Crippen molar-refractivity contribution in [2.45, 2.75) is 78.4 Å². The molecule has 1 aromatic rings. The van der Waals surface area contributed by atoms with Gasteiger partial charge in [0, 0.05) is 19.1 Å². The van der Waals surface area contributed by atoms with Crippen molar-refractivity contribution in [1.82, 2.24) is 20.4 Å². The Balaban J connectivity index is 2.25. The van der Waals surface area contributed by atoms with Crippen LogP contribution in [0, 0.1) is 11.8 Å². The zero-order valence-electron chi connectivity index (χ0n) is 25.1. The van der Waals surface area contributed by atoms with Crippen LogP contribution in [0.4, 0.5) is 22.8 Å². The Bertz CT molecular complexity index is 1110. The highest BCUT2D eigenvalue weighted by Crippen LogP contribution is 2.23. The fourth-order valence-electron chi connectivity index (χ4n) is 4.63. The second kappa shape index (κ2) is 16.1. The van der Waals surface area contributed by atoms with Crippen molar-refractivity contribution in [2.75, 3.05) is 26.2 Å². The Morgan fingerprint density at radius 2 is 1.51 bits per heavy atom. The molecular formula is C29H41F3N4O7. The molecule has 240 valence electrons. The Hall–Kier alpha value is -3.84. The van der Waals surface area contributed by atoms with Crippen molar-refractivity contribution in [3.63, 3.8) is 0 Å². The molecule has 0 aromatic heterocycles. The minimum Gasteiger partial charge on any atom is -0.450 e. The summed E-state index contributed by atoms with van der Waals surface area (Å²) in [5.41, 5.74) is 0.727. The summed E-state index contributed by atoms with van der Waals surface area (Å²) >= 11 is 0. The second-order valence-corrected chi connectivity index (χ2v) is 11.0. The number of alkyl carbamates (subject to hydrolysis) is 1. The van der Waals surface area contributed by atoms with Crippen molar-refractivity contribution in [3.05, 3.63) is 35.9 Å². The van der Waals surface area contributed by atoms with Crippen LogP contribution < -0.4 is 10.6 Å². The van der Waals surface area contributed by atoms with Crippen molar-refractivity contribution < 1.29 is 46.6 Å². The lowest BCUT2D eigenvalue weighted by atomic mass is 9.97. The third-order valence-electron chi connectivity index (χ3n) is 6.99. The van der Waals surface area contributed by atoms with E-state index in [1.54, 1.807) is 51.1 Å². The van der Waals surface area contributed by atoms with E-state index in [0.717, 1.165) is 5.56 Å². The average molecular weight is 615 g/mol. The number of halogens is 3. The quantitative estimate of drug-likeness (QED) is 0.367. The van der Waals surface area contributed by atoms with E-state index in [9.17, 15) is 37.1 Å². The number of ketones is 1. The lowest BCUT2D eigenvalue weighted by molar-refractivity contribution is -0.175. The summed E-state index contributed by atoms with van der Waals surface area (Å²) in [7, 11) is 0. The summed E-state index contributed by atoms with van der Waals surface area (Å²) in [4.78, 5) is 66.4. The van der Waals surface area contributed by atoms with Gasteiger partial charge in [-0.1, -0.05) is 58.0 Å². The van der Waals surface area contributed by atoms with E-state index in [4.69, 9.17) is 9.47 Å². The van der Waals surface area contributed by atoms with Crippen LogP contribution in [0.15, 0.2) is 30.3 Å². The first-order chi connectivity index (χ1) is 20.1. The monoisotopic (exact) mass is 614 g/mol. The van der Waals surface area contributed by atoms with Crippen molar-refractivity contribution in [3.8, 4) is 0 Å². The molecule has 0 saturated carbocycles. The molecular weight excluding hydrogens is 573 g/mol. The maximum Gasteiger partial charge on any atom is 0.452 e. The van der Waals surface area contributed by atoms with Crippen LogP contribution in [0.3, 0.4) is 0 Å². The number of alkyl halides is 3. The normalized spacial score (nSPS) is 15.4. The van der Waals surface area contributed by atoms with Gasteiger partial charge in [-0.2, -0.15) is 13.2 Å². The molecule has 0 radical (unpaired) electrons. The fourth-order valence-corrected chi connectivity index (χ4v) is 4.63. The van der Waals surface area contributed by atoms with Gasteiger partial charge in [0.15, 0.2) is 0 Å². The maximum absolute atomic E-state index is 13.9. The van der Waals surface area contributed by atoms with Gasteiger partial charge in [-0.3, -0.25) is 14.4 Å². The SMILES string of the molecule is CCOC(=O)N1CCC(N(CC(=O)NC(C(=O)C(F)(F)F)C(C)C)C(=O)[C@@H](NC(=O)OCc2ccccc2)C(C)C)CC1. The molecule has 2 N–H and O–H groups in total. The van der Waals surface area contributed by atoms with Gasteiger partial charge in [-0.15, -0.1) is 0 Å². The first-order valence-corrected chi connectivity index (χ1v) is 14.2. The number of carbonyl (C=O) groups is 5. The predicted octanol–water partition coefficient (Wildman–Crippen LogP) is 3.66. The van der Waals surface area contributed by atoms with Crippen molar-refractivity contribution in [2.24, 2.45) is 11.8 Å². The molecule has 1 aromatic carbocycles. The number of benzene rings is 1. The topological polar surface area (TPSA) is 134 Å². The Kier molecular flexibility index (Phi) is 13.3. The Labute approximate surface area is 249 Å². The number of carbonyl (C=O) groups excluding carboxylic acids is 5. The summed E-state index contributed by atoms with van der Waals surface area (Å²) in [5.74, 6) is -5.05. The molecule has 14 heteroatoms. The number of likely N-dealkylation sites (tertiary alicyclic amines) is 1. The van der Waals surface area contributed by atoms with Gasteiger partial charge in [-0.05, 0) is 37.2 Å². The lowest BCUT2D eigenvalue weighted by Crippen LogP contribution is -2.59. The summed E-state index contributed by atoms with van der Waals surface area (Å²) in [5, 5.41) is 4.69. The van der Waals surface area contributed by atoms with E-state index >= 15 is 0 Å². The van der Waals surface area contributed by atoms with Gasteiger partial charge in [-0.25, -0.2) is 9.59 Å². The minimum atomic E-state index is -5.16. The molecule has 1 unspecified atom stereocenters. The molecule has 11 nitrogen and oxygen atoms in total. The van der Waals surface area contributed by atoms with E-state index in [1.165, 1.54) is 23.6 Å². The fraction of sp³-hybridized carbons (Fsp3) is 0.621. The number of nitrogens with one attached hydrogen (secondary N) is 2. The number of hydrogen-bond acceptors (Lipinski definition) is 7. The highest BCUT2D eigenvalue weighted by Gasteiger charge is 2.45. The highest BCUT2D eigenvalue weighted by atomic mass is 19.4. The van der Waals surface area contributed by atoms with Crippen LogP contribution in [-0.4, -0.2) is 90.1 Å². The van der Waals surface area contributed by atoms with Gasteiger partial charge >= 0.3 is 18.4 Å². The Morgan fingerprint density at radius 3 is 2.02 bits per heavy atom. The lowest BCUT2D eigenvalue weighted by Gasteiger charge is -2.40. The molecule has 0 bridgehead atoms. The van der Waals surface area contributed by atoms with E-state index < -0.39 is 72.5 Å². The minimum absolute atomic E-state index is 0.0477. The van der Waals surface area contributed by atoms with Crippen LogP contribution in [0.2, 0.25) is 0 Å². The van der Waals surface area contributed by atoms with Gasteiger partial charge in [0.05, 0.1) is 19.2 Å². The van der Waals surface area contributed by atoms with E-state index in [-0.39, 0.29) is 39.1 Å². The predicted molar refractivity (Wildman–Crippen MR) is 150 cm³/mol. The molecule has 43 heavy (non-hydrogen) atoms. The molecule has 2 rings (SSSR count). The van der Waals surface area contributed by atoms with Gasteiger partial charge in [0.25, 0.3) is 5.78 Å². The third-order valence-corrected chi connectivity index (χ3v) is 6.99. The smallest absolute Gasteiger partial charge is 0.450 e. The maximum atomic E-state index is 13.9. The Morgan fingerprint density at radius 1 is 0.930 bits per heavy atom. The van der Waals surface area contributed by atoms with Crippen LogP contribution in [0.1, 0.15) is 53.0 Å². The second-order valence-electron chi connectivity index (χ2n) is 11.0. The summed E-state index contributed by atoms with van der Waals surface area (Å²) in [6.07, 6.45) is -6.06. The molecule has 0 spiro atoms. The number of ether oxygens (including phenoxy) is 2. The summed E-state index contributed by atoms with van der Waals surface area (Å²) < 4.78 is 49.8. The first kappa shape index (κ1) is 35.4. The number of piperidine rings is 1. The number of rotatable bonds is 12. The van der Waals surface area contributed by atoms with Gasteiger partial charge in [0.2, 0.25) is 11.8 Å². The highest BCUT2D eigenvalue weighted by molar-refractivity contribution is 5.95. The molecule has 1 aliphatic rings. The zero-order valence-corrected chi connectivity index (χ0v) is 25.1. The molecule has 1 aliphatic heterocycles. The number of amides is 4. The summed E-state index contributed by atoms with van der Waals surface area (Å²) in [6, 6.07) is 5.30. The van der Waals surface area contributed by atoms with Crippen LogP contribution in [-0.2, 0) is 30.5 Å². The van der Waals surface area contributed by atoms with Crippen LogP contribution in [0.25, 0.3) is 0 Å². The third kappa shape index (κ3) is 10.7. The van der Waals surface area contributed by atoms with E-state index in [1.807, 2.05) is 0 Å². The number of nitrogens with zero attached hydrogens (tertiary/aromatic N) is 2. The molecule has 1 heterocycles.